The molecule has 0 saturated heterocycles. The number of carbonyl (C=O) groups excluding carboxylic acids is 2. The summed E-state index contributed by atoms with van der Waals surface area (Å²) in [5.41, 5.74) is 0.564. The number of nitrogens with one attached hydrogen (secondary N) is 2. The monoisotopic (exact) mass is 414 g/mol. The summed E-state index contributed by atoms with van der Waals surface area (Å²) < 4.78 is 15.4. The number of hydrogen-bond donors (Lipinski definition) is 2. The molecule has 1 aromatic carbocycles. The predicted molar refractivity (Wildman–Crippen MR) is 108 cm³/mol. The van der Waals surface area contributed by atoms with Crippen molar-refractivity contribution in [3.05, 3.63) is 54.5 Å². The number of hydrogen-bond acceptors (Lipinski definition) is 8. The van der Waals surface area contributed by atoms with Crippen molar-refractivity contribution < 1.29 is 23.5 Å². The minimum absolute atomic E-state index is 0.131. The molecule has 2 heterocycles. The minimum Gasteiger partial charge on any atom is -0.497 e. The molecule has 10 heteroatoms. The van der Waals surface area contributed by atoms with E-state index in [1.54, 1.807) is 42.5 Å². The number of aromatic nitrogens is 2. The van der Waals surface area contributed by atoms with Gasteiger partial charge in [0, 0.05) is 23.9 Å². The standard InChI is InChI=1S/C19H18N4O5S/c1-26-13-8-12(9-14(10-13)27-2)20-17(24)11-29-18-6-5-16(22-23-18)21-19(25)15-4-3-7-28-15/h3-10H,11H2,1-2H3,(H,20,24)(H,21,22,25). The third-order valence-corrected chi connectivity index (χ3v) is 4.53. The predicted octanol–water partition coefficient (Wildman–Crippen LogP) is 3.07. The Morgan fingerprint density at radius 2 is 1.79 bits per heavy atom. The SMILES string of the molecule is COc1cc(NC(=O)CSc2ccc(NC(=O)c3ccco3)nn2)cc(OC)c1. The van der Waals surface area contributed by atoms with Crippen LogP contribution in [0.4, 0.5) is 11.5 Å². The highest BCUT2D eigenvalue weighted by Crippen LogP contribution is 2.26. The van der Waals surface area contributed by atoms with Crippen molar-refractivity contribution in [1.29, 1.82) is 0 Å². The van der Waals surface area contributed by atoms with Crippen LogP contribution in [0.1, 0.15) is 10.6 Å². The third kappa shape index (κ3) is 5.72. The lowest BCUT2D eigenvalue weighted by Crippen LogP contribution is -2.14. The molecule has 0 radical (unpaired) electrons. The molecule has 2 aromatic heterocycles. The van der Waals surface area contributed by atoms with Gasteiger partial charge in [-0.25, -0.2) is 0 Å². The van der Waals surface area contributed by atoms with Crippen molar-refractivity contribution in [3.8, 4) is 11.5 Å². The lowest BCUT2D eigenvalue weighted by Gasteiger charge is -2.09. The Balaban J connectivity index is 1.52. The van der Waals surface area contributed by atoms with Gasteiger partial charge in [0.1, 0.15) is 16.5 Å². The summed E-state index contributed by atoms with van der Waals surface area (Å²) in [4.78, 5) is 24.1. The van der Waals surface area contributed by atoms with E-state index >= 15 is 0 Å². The second-order valence-electron chi connectivity index (χ2n) is 5.63. The van der Waals surface area contributed by atoms with E-state index in [0.29, 0.717) is 22.2 Å². The van der Waals surface area contributed by atoms with Crippen LogP contribution in [0.3, 0.4) is 0 Å². The Hall–Kier alpha value is -3.53. The molecule has 0 unspecified atom stereocenters. The second kappa shape index (κ2) is 9.60. The normalized spacial score (nSPS) is 10.3. The van der Waals surface area contributed by atoms with Crippen molar-refractivity contribution in [2.45, 2.75) is 5.03 Å². The van der Waals surface area contributed by atoms with E-state index in [0.717, 1.165) is 0 Å². The maximum Gasteiger partial charge on any atom is 0.292 e. The van der Waals surface area contributed by atoms with Gasteiger partial charge in [-0.3, -0.25) is 9.59 Å². The van der Waals surface area contributed by atoms with E-state index in [9.17, 15) is 9.59 Å². The first-order valence-corrected chi connectivity index (χ1v) is 9.40. The van der Waals surface area contributed by atoms with Gasteiger partial charge >= 0.3 is 0 Å². The maximum absolute atomic E-state index is 12.2. The van der Waals surface area contributed by atoms with Gasteiger partial charge in [0.2, 0.25) is 5.91 Å². The number of nitrogens with zero attached hydrogens (tertiary/aromatic N) is 2. The van der Waals surface area contributed by atoms with Gasteiger partial charge in [-0.15, -0.1) is 10.2 Å². The van der Waals surface area contributed by atoms with Crippen LogP contribution in [-0.4, -0.2) is 42.0 Å². The Morgan fingerprint density at radius 1 is 1.03 bits per heavy atom. The molecular weight excluding hydrogens is 396 g/mol. The summed E-state index contributed by atoms with van der Waals surface area (Å²) in [6, 6.07) is 11.5. The quantitative estimate of drug-likeness (QED) is 0.540. The van der Waals surface area contributed by atoms with Gasteiger partial charge in [-0.2, -0.15) is 0 Å². The summed E-state index contributed by atoms with van der Waals surface area (Å²) in [6.45, 7) is 0. The van der Waals surface area contributed by atoms with E-state index in [4.69, 9.17) is 13.9 Å². The highest BCUT2D eigenvalue weighted by atomic mass is 32.2. The molecule has 0 aliphatic rings. The molecule has 2 N–H and O–H groups in total. The van der Waals surface area contributed by atoms with E-state index < -0.39 is 5.91 Å². The van der Waals surface area contributed by atoms with Crippen LogP contribution < -0.4 is 20.1 Å². The topological polar surface area (TPSA) is 116 Å². The van der Waals surface area contributed by atoms with Gasteiger partial charge in [0.05, 0.1) is 26.2 Å². The first-order valence-electron chi connectivity index (χ1n) is 8.41. The summed E-state index contributed by atoms with van der Waals surface area (Å²) in [7, 11) is 3.07. The zero-order valence-electron chi connectivity index (χ0n) is 15.7. The fourth-order valence-corrected chi connectivity index (χ4v) is 2.88. The molecule has 2 amide bonds. The highest BCUT2D eigenvalue weighted by Gasteiger charge is 2.11. The molecule has 0 aliphatic carbocycles. The van der Waals surface area contributed by atoms with Crippen LogP contribution in [0.15, 0.2) is 58.2 Å². The van der Waals surface area contributed by atoms with Gasteiger partial charge < -0.3 is 24.5 Å². The molecule has 0 atom stereocenters. The first kappa shape index (κ1) is 20.2. The highest BCUT2D eigenvalue weighted by molar-refractivity contribution is 7.99. The van der Waals surface area contributed by atoms with Crippen molar-refractivity contribution in [2.75, 3.05) is 30.6 Å². The van der Waals surface area contributed by atoms with E-state index in [1.807, 2.05) is 0 Å². The van der Waals surface area contributed by atoms with Crippen molar-refractivity contribution >= 4 is 35.1 Å². The van der Waals surface area contributed by atoms with Gasteiger partial charge in [-0.05, 0) is 24.3 Å². The Morgan fingerprint density at radius 3 is 2.38 bits per heavy atom. The number of ether oxygens (including phenoxy) is 2. The van der Waals surface area contributed by atoms with Crippen LogP contribution in [0.25, 0.3) is 0 Å². The fraction of sp³-hybridized carbons (Fsp3) is 0.158. The number of amides is 2. The Bertz CT molecular complexity index is 955. The van der Waals surface area contributed by atoms with Crippen molar-refractivity contribution in [2.24, 2.45) is 0 Å². The number of carbonyl (C=O) groups is 2. The molecular formula is C19H18N4O5S. The van der Waals surface area contributed by atoms with Crippen LogP contribution in [0, 0.1) is 0 Å². The second-order valence-corrected chi connectivity index (χ2v) is 6.62. The Kier molecular flexibility index (Phi) is 6.69. The molecule has 3 rings (SSSR count). The maximum atomic E-state index is 12.2. The van der Waals surface area contributed by atoms with Crippen molar-refractivity contribution in [3.63, 3.8) is 0 Å². The summed E-state index contributed by atoms with van der Waals surface area (Å²) in [5, 5.41) is 13.8. The summed E-state index contributed by atoms with van der Waals surface area (Å²) in [5.74, 6) is 1.10. The number of furan rings is 1. The smallest absolute Gasteiger partial charge is 0.292 e. The van der Waals surface area contributed by atoms with Crippen LogP contribution in [0.2, 0.25) is 0 Å². The summed E-state index contributed by atoms with van der Waals surface area (Å²) >= 11 is 1.21. The molecule has 9 nitrogen and oxygen atoms in total. The average Bonchev–Trinajstić information content (AvgIpc) is 3.28. The lowest BCUT2D eigenvalue weighted by molar-refractivity contribution is -0.113. The summed E-state index contributed by atoms with van der Waals surface area (Å²) in [6.07, 6.45) is 1.41. The van der Waals surface area contributed by atoms with E-state index in [-0.39, 0.29) is 23.2 Å². The average molecular weight is 414 g/mol. The first-order chi connectivity index (χ1) is 14.1. The number of thioether (sulfide) groups is 1. The van der Waals surface area contributed by atoms with Crippen LogP contribution in [0.5, 0.6) is 11.5 Å². The third-order valence-electron chi connectivity index (χ3n) is 3.61. The molecule has 0 spiro atoms. The molecule has 0 saturated carbocycles. The van der Waals surface area contributed by atoms with Gasteiger partial charge in [-0.1, -0.05) is 11.8 Å². The number of rotatable bonds is 8. The molecule has 0 bridgehead atoms. The van der Waals surface area contributed by atoms with E-state index in [1.165, 1.54) is 32.2 Å². The largest absolute Gasteiger partial charge is 0.497 e. The molecule has 0 aliphatic heterocycles. The van der Waals surface area contributed by atoms with E-state index in [2.05, 4.69) is 20.8 Å². The Labute approximate surface area is 170 Å². The van der Waals surface area contributed by atoms with Gasteiger partial charge in [0.15, 0.2) is 11.6 Å². The van der Waals surface area contributed by atoms with Gasteiger partial charge in [0.25, 0.3) is 5.91 Å². The lowest BCUT2D eigenvalue weighted by atomic mass is 10.2. The number of methoxy groups -OCH3 is 2. The number of anilines is 2. The van der Waals surface area contributed by atoms with Crippen molar-refractivity contribution in [1.82, 2.24) is 10.2 Å². The molecule has 3 aromatic rings. The van der Waals surface area contributed by atoms with Crippen LogP contribution in [-0.2, 0) is 4.79 Å². The number of benzene rings is 1. The fourth-order valence-electron chi connectivity index (χ4n) is 2.27. The molecule has 29 heavy (non-hydrogen) atoms. The zero-order chi connectivity index (χ0) is 20.6. The minimum atomic E-state index is -0.419. The van der Waals surface area contributed by atoms with Crippen LogP contribution >= 0.6 is 11.8 Å². The molecule has 150 valence electrons. The zero-order valence-corrected chi connectivity index (χ0v) is 16.5. The molecule has 0 fully saturated rings.